The lowest BCUT2D eigenvalue weighted by Gasteiger charge is -2.72. The standard InChI is InChI=1S/C31H50O6/c1-26(2)12-14-31(25(36)37-7)15-13-28(4)18(19(31)16-26)8-9-21-29(28,5)11-10-20-27(3,17-32)23(34)22(33)24(35)30(20,21)6/h8,19-24,32-35H,9-17H2,1-7H3. The van der Waals surface area contributed by atoms with E-state index in [0.717, 1.165) is 51.4 Å². The Hall–Kier alpha value is -0.950. The van der Waals surface area contributed by atoms with Crippen LogP contribution in [0.5, 0.6) is 0 Å². The first kappa shape index (κ1) is 27.6. The molecule has 4 N–H and O–H groups in total. The number of carbonyl (C=O) groups excluding carboxylic acids is 1. The van der Waals surface area contributed by atoms with Gasteiger partial charge in [0.1, 0.15) is 6.10 Å². The maximum atomic E-state index is 13.4. The van der Waals surface area contributed by atoms with Gasteiger partial charge >= 0.3 is 5.97 Å². The van der Waals surface area contributed by atoms with E-state index in [9.17, 15) is 25.2 Å². The molecule has 0 spiro atoms. The number of esters is 1. The first-order chi connectivity index (χ1) is 17.1. The van der Waals surface area contributed by atoms with E-state index in [1.165, 1.54) is 12.7 Å². The molecule has 0 saturated heterocycles. The Morgan fingerprint density at radius 1 is 0.946 bits per heavy atom. The third-order valence-corrected chi connectivity index (χ3v) is 13.5. The number of aliphatic hydroxyl groups is 4. The van der Waals surface area contributed by atoms with E-state index >= 15 is 0 Å². The van der Waals surface area contributed by atoms with Crippen molar-refractivity contribution in [3.63, 3.8) is 0 Å². The predicted molar refractivity (Wildman–Crippen MR) is 141 cm³/mol. The highest BCUT2D eigenvalue weighted by Gasteiger charge is 2.72. The molecule has 0 aliphatic heterocycles. The fourth-order valence-electron chi connectivity index (χ4n) is 10.9. The van der Waals surface area contributed by atoms with Crippen molar-refractivity contribution in [1.82, 2.24) is 0 Å². The summed E-state index contributed by atoms with van der Waals surface area (Å²) >= 11 is 0. The number of carbonyl (C=O) groups is 1. The molecule has 37 heavy (non-hydrogen) atoms. The third kappa shape index (κ3) is 3.22. The predicted octanol–water partition coefficient (Wildman–Crippen LogP) is 4.24. The molecule has 210 valence electrons. The van der Waals surface area contributed by atoms with Crippen LogP contribution in [-0.2, 0) is 9.53 Å². The van der Waals surface area contributed by atoms with E-state index in [2.05, 4.69) is 40.7 Å². The molecule has 4 saturated carbocycles. The van der Waals surface area contributed by atoms with E-state index in [-0.39, 0.29) is 46.6 Å². The molecule has 0 aromatic rings. The molecule has 5 rings (SSSR count). The Morgan fingerprint density at radius 3 is 2.22 bits per heavy atom. The molecule has 0 aromatic carbocycles. The summed E-state index contributed by atoms with van der Waals surface area (Å²) in [6.07, 6.45) is 5.91. The number of allylic oxidation sites excluding steroid dienone is 2. The molecule has 0 aromatic heterocycles. The number of ether oxygens (including phenoxy) is 1. The molecular formula is C31H50O6. The van der Waals surface area contributed by atoms with Gasteiger partial charge in [-0.2, -0.15) is 0 Å². The van der Waals surface area contributed by atoms with Crippen LogP contribution in [0.15, 0.2) is 11.6 Å². The van der Waals surface area contributed by atoms with Crippen molar-refractivity contribution in [2.24, 2.45) is 50.2 Å². The summed E-state index contributed by atoms with van der Waals surface area (Å²) in [4.78, 5) is 13.4. The van der Waals surface area contributed by atoms with Crippen molar-refractivity contribution in [2.45, 2.75) is 111 Å². The summed E-state index contributed by atoms with van der Waals surface area (Å²) in [5.41, 5.74) is -0.711. The molecule has 11 atom stereocenters. The zero-order valence-corrected chi connectivity index (χ0v) is 24.0. The summed E-state index contributed by atoms with van der Waals surface area (Å²) < 4.78 is 5.45. The average Bonchev–Trinajstić information content (AvgIpc) is 2.86. The van der Waals surface area contributed by atoms with Crippen LogP contribution in [0.4, 0.5) is 0 Å². The highest BCUT2D eigenvalue weighted by molar-refractivity contribution is 5.78. The van der Waals surface area contributed by atoms with E-state index < -0.39 is 34.6 Å². The van der Waals surface area contributed by atoms with Crippen LogP contribution in [0.3, 0.4) is 0 Å². The van der Waals surface area contributed by atoms with E-state index in [0.29, 0.717) is 0 Å². The van der Waals surface area contributed by atoms with Gasteiger partial charge in [0.05, 0.1) is 31.3 Å². The van der Waals surface area contributed by atoms with Gasteiger partial charge in [-0.15, -0.1) is 0 Å². The molecule has 0 heterocycles. The number of aliphatic hydroxyl groups excluding tert-OH is 4. The molecule has 5 aliphatic carbocycles. The van der Waals surface area contributed by atoms with E-state index in [1.54, 1.807) is 0 Å². The van der Waals surface area contributed by atoms with Crippen molar-refractivity contribution in [2.75, 3.05) is 13.7 Å². The maximum Gasteiger partial charge on any atom is 0.312 e. The fraction of sp³-hybridized carbons (Fsp3) is 0.903. The minimum absolute atomic E-state index is 0.0579. The van der Waals surface area contributed by atoms with Gasteiger partial charge in [-0.05, 0) is 85.4 Å². The van der Waals surface area contributed by atoms with Crippen molar-refractivity contribution < 1.29 is 30.0 Å². The molecular weight excluding hydrogens is 468 g/mol. The fourth-order valence-corrected chi connectivity index (χ4v) is 10.9. The molecule has 11 unspecified atom stereocenters. The lowest BCUT2D eigenvalue weighted by molar-refractivity contribution is -0.287. The number of methoxy groups -OCH3 is 1. The van der Waals surface area contributed by atoms with Gasteiger partial charge in [0.2, 0.25) is 0 Å². The Labute approximate surface area is 222 Å². The number of hydrogen-bond acceptors (Lipinski definition) is 6. The normalized spacial score (nSPS) is 54.6. The van der Waals surface area contributed by atoms with Crippen molar-refractivity contribution in [1.29, 1.82) is 0 Å². The molecule has 6 heteroatoms. The van der Waals surface area contributed by atoms with Gasteiger partial charge in [-0.25, -0.2) is 0 Å². The van der Waals surface area contributed by atoms with Gasteiger partial charge in [-0.3, -0.25) is 4.79 Å². The van der Waals surface area contributed by atoms with Gasteiger partial charge in [-0.1, -0.05) is 53.2 Å². The first-order valence-electron chi connectivity index (χ1n) is 14.5. The van der Waals surface area contributed by atoms with Crippen LogP contribution in [-0.4, -0.2) is 58.4 Å². The van der Waals surface area contributed by atoms with Crippen molar-refractivity contribution in [3.05, 3.63) is 11.6 Å². The topological polar surface area (TPSA) is 107 Å². The molecule has 0 bridgehead atoms. The minimum Gasteiger partial charge on any atom is -0.469 e. The Bertz CT molecular complexity index is 990. The Balaban J connectivity index is 1.63. The average molecular weight is 519 g/mol. The van der Waals surface area contributed by atoms with Gasteiger partial charge in [0, 0.05) is 10.8 Å². The lowest BCUT2D eigenvalue weighted by atomic mass is 9.33. The molecule has 5 aliphatic rings. The van der Waals surface area contributed by atoms with Crippen LogP contribution in [0.2, 0.25) is 0 Å². The lowest BCUT2D eigenvalue weighted by Crippen LogP contribution is -2.73. The third-order valence-electron chi connectivity index (χ3n) is 13.5. The number of hydrogen-bond donors (Lipinski definition) is 4. The smallest absolute Gasteiger partial charge is 0.312 e. The van der Waals surface area contributed by atoms with Crippen LogP contribution in [0.25, 0.3) is 0 Å². The van der Waals surface area contributed by atoms with E-state index in [4.69, 9.17) is 4.74 Å². The monoisotopic (exact) mass is 518 g/mol. The van der Waals surface area contributed by atoms with Crippen molar-refractivity contribution >= 4 is 5.97 Å². The zero-order chi connectivity index (χ0) is 27.4. The Kier molecular flexibility index (Phi) is 6.18. The van der Waals surface area contributed by atoms with Gasteiger partial charge in [0.15, 0.2) is 0 Å². The molecule has 6 nitrogen and oxygen atoms in total. The van der Waals surface area contributed by atoms with Crippen LogP contribution in [0.1, 0.15) is 92.9 Å². The van der Waals surface area contributed by atoms with Crippen molar-refractivity contribution in [3.8, 4) is 0 Å². The van der Waals surface area contributed by atoms with Crippen LogP contribution >= 0.6 is 0 Å². The highest BCUT2D eigenvalue weighted by atomic mass is 16.5. The molecule has 0 radical (unpaired) electrons. The van der Waals surface area contributed by atoms with Gasteiger partial charge in [0.25, 0.3) is 0 Å². The number of fused-ring (bicyclic) bond motifs is 7. The second-order valence-corrected chi connectivity index (χ2v) is 15.3. The highest BCUT2D eigenvalue weighted by Crippen LogP contribution is 2.75. The first-order valence-corrected chi connectivity index (χ1v) is 14.5. The van der Waals surface area contributed by atoms with Gasteiger partial charge < -0.3 is 25.2 Å². The SMILES string of the molecule is COC(=O)C12CCC(C)(C)CC1C1=CCC3C4(C)C(O)C(O)C(O)C(C)(CO)C4CCC3(C)C1(C)CC2. The van der Waals surface area contributed by atoms with E-state index in [1.807, 2.05) is 6.92 Å². The summed E-state index contributed by atoms with van der Waals surface area (Å²) in [5, 5.41) is 44.1. The Morgan fingerprint density at radius 2 is 1.59 bits per heavy atom. The minimum atomic E-state index is -1.29. The molecule has 0 amide bonds. The summed E-state index contributed by atoms with van der Waals surface area (Å²) in [6.45, 7) is 13.2. The second kappa shape index (κ2) is 8.28. The molecule has 4 fully saturated rings. The van der Waals surface area contributed by atoms with Crippen LogP contribution in [0, 0.1) is 50.2 Å². The zero-order valence-electron chi connectivity index (χ0n) is 24.0. The summed E-state index contributed by atoms with van der Waals surface area (Å²) in [5.74, 6) is 0.0636. The second-order valence-electron chi connectivity index (χ2n) is 15.3. The maximum absolute atomic E-state index is 13.4. The van der Waals surface area contributed by atoms with Crippen LogP contribution < -0.4 is 0 Å². The number of rotatable bonds is 2. The quantitative estimate of drug-likeness (QED) is 0.322. The summed E-state index contributed by atoms with van der Waals surface area (Å²) in [6, 6.07) is 0. The summed E-state index contributed by atoms with van der Waals surface area (Å²) in [7, 11) is 1.53. The largest absolute Gasteiger partial charge is 0.469 e.